The van der Waals surface area contributed by atoms with E-state index in [1.54, 1.807) is 12.1 Å². The molecule has 0 aromatic heterocycles. The summed E-state index contributed by atoms with van der Waals surface area (Å²) in [6.07, 6.45) is 2.03. The van der Waals surface area contributed by atoms with Gasteiger partial charge in [0.2, 0.25) is 0 Å². The summed E-state index contributed by atoms with van der Waals surface area (Å²) in [6, 6.07) is 8.00. The lowest BCUT2D eigenvalue weighted by Gasteiger charge is -2.21. The minimum atomic E-state index is -1.46. The van der Waals surface area contributed by atoms with E-state index in [2.05, 4.69) is 13.1 Å². The molecule has 0 fully saturated rings. The van der Waals surface area contributed by atoms with Gasteiger partial charge in [0.15, 0.2) is 8.32 Å². The predicted octanol–water partition coefficient (Wildman–Crippen LogP) is 4.00. The number of hydrogen-bond acceptors (Lipinski definition) is 1. The molecule has 0 saturated heterocycles. The van der Waals surface area contributed by atoms with Crippen LogP contribution < -0.4 is 0 Å². The zero-order valence-electron chi connectivity index (χ0n) is 10.4. The van der Waals surface area contributed by atoms with Crippen molar-refractivity contribution in [3.05, 3.63) is 35.6 Å². The van der Waals surface area contributed by atoms with E-state index >= 15 is 0 Å². The van der Waals surface area contributed by atoms with Crippen LogP contribution in [-0.2, 0) is 10.8 Å². The van der Waals surface area contributed by atoms with Crippen LogP contribution >= 0.6 is 0 Å². The van der Waals surface area contributed by atoms with Gasteiger partial charge in [0.1, 0.15) is 5.82 Å². The van der Waals surface area contributed by atoms with E-state index in [4.69, 9.17) is 4.43 Å². The lowest BCUT2D eigenvalue weighted by atomic mass is 10.1. The maximum atomic E-state index is 12.9. The van der Waals surface area contributed by atoms with Crippen molar-refractivity contribution in [2.75, 3.05) is 6.61 Å². The molecule has 1 aromatic carbocycles. The van der Waals surface area contributed by atoms with Crippen LogP contribution in [-0.4, -0.2) is 14.9 Å². The summed E-state index contributed by atoms with van der Waals surface area (Å²) >= 11 is 0. The summed E-state index contributed by atoms with van der Waals surface area (Å²) in [4.78, 5) is 0. The molecule has 1 rings (SSSR count). The van der Waals surface area contributed by atoms with Crippen molar-refractivity contribution in [1.29, 1.82) is 0 Å². The van der Waals surface area contributed by atoms with E-state index in [1.165, 1.54) is 6.07 Å². The third-order valence-corrected chi connectivity index (χ3v) is 5.30. The van der Waals surface area contributed by atoms with Crippen molar-refractivity contribution in [2.24, 2.45) is 0 Å². The highest BCUT2D eigenvalue weighted by Gasteiger charge is 2.20. The van der Waals surface area contributed by atoms with Crippen LogP contribution in [0.5, 0.6) is 0 Å². The molecule has 90 valence electrons. The van der Waals surface area contributed by atoms with Crippen LogP contribution in [0.15, 0.2) is 24.3 Å². The minimum Gasteiger partial charge on any atom is -0.418 e. The smallest absolute Gasteiger partial charge is 0.186 e. The average Bonchev–Trinajstić information content (AvgIpc) is 2.17. The van der Waals surface area contributed by atoms with Gasteiger partial charge in [0, 0.05) is 6.61 Å². The first-order valence-electron chi connectivity index (χ1n) is 5.92. The molecule has 1 nitrogen and oxygen atoms in total. The Kier molecular flexibility index (Phi) is 5.15. The Morgan fingerprint density at radius 1 is 1.31 bits per heavy atom. The predicted molar refractivity (Wildman–Crippen MR) is 68.6 cm³/mol. The van der Waals surface area contributed by atoms with Crippen molar-refractivity contribution >= 4 is 8.32 Å². The summed E-state index contributed by atoms with van der Waals surface area (Å²) in [5, 5.41) is 0. The van der Waals surface area contributed by atoms with Gasteiger partial charge < -0.3 is 4.43 Å². The van der Waals surface area contributed by atoms with Crippen LogP contribution in [0.4, 0.5) is 4.39 Å². The maximum Gasteiger partial charge on any atom is 0.186 e. The van der Waals surface area contributed by atoms with Gasteiger partial charge in [-0.1, -0.05) is 12.1 Å². The van der Waals surface area contributed by atoms with Gasteiger partial charge in [-0.3, -0.25) is 0 Å². The summed E-state index contributed by atoms with van der Waals surface area (Å²) < 4.78 is 18.7. The van der Waals surface area contributed by atoms with E-state index in [1.807, 2.05) is 13.0 Å². The van der Waals surface area contributed by atoms with E-state index in [9.17, 15) is 4.39 Å². The van der Waals surface area contributed by atoms with E-state index in [0.29, 0.717) is 0 Å². The number of hydrogen-bond donors (Lipinski definition) is 0. The lowest BCUT2D eigenvalue weighted by molar-refractivity contribution is 0.328. The first kappa shape index (κ1) is 13.4. The van der Waals surface area contributed by atoms with Gasteiger partial charge in [-0.25, -0.2) is 4.39 Å². The topological polar surface area (TPSA) is 9.23 Å². The Hall–Kier alpha value is -0.673. The molecule has 1 aromatic rings. The second-order valence-corrected chi connectivity index (χ2v) is 8.98. The highest BCUT2D eigenvalue weighted by atomic mass is 28.4. The van der Waals surface area contributed by atoms with E-state index in [0.717, 1.165) is 31.1 Å². The molecule has 0 atom stereocenters. The van der Waals surface area contributed by atoms with Crippen LogP contribution in [0, 0.1) is 5.82 Å². The van der Waals surface area contributed by atoms with Gasteiger partial charge in [0.05, 0.1) is 0 Å². The quantitative estimate of drug-likeness (QED) is 0.683. The van der Waals surface area contributed by atoms with Gasteiger partial charge in [-0.15, -0.1) is 0 Å². The Morgan fingerprint density at radius 2 is 2.06 bits per heavy atom. The number of halogens is 1. The summed E-state index contributed by atoms with van der Waals surface area (Å²) in [5.74, 6) is -0.140. The van der Waals surface area contributed by atoms with E-state index in [-0.39, 0.29) is 5.82 Å². The average molecular weight is 240 g/mol. The van der Waals surface area contributed by atoms with Crippen molar-refractivity contribution in [3.8, 4) is 0 Å². The third-order valence-electron chi connectivity index (χ3n) is 2.67. The minimum absolute atomic E-state index is 0.140. The summed E-state index contributed by atoms with van der Waals surface area (Å²) in [5.41, 5.74) is 1.08. The van der Waals surface area contributed by atoms with Crippen molar-refractivity contribution < 1.29 is 8.82 Å². The molecule has 0 saturated carbocycles. The molecule has 0 aliphatic heterocycles. The van der Waals surface area contributed by atoms with Crippen molar-refractivity contribution in [3.63, 3.8) is 0 Å². The fourth-order valence-electron chi connectivity index (χ4n) is 1.87. The molecule has 0 heterocycles. The Labute approximate surface area is 98.8 Å². The molecule has 0 radical (unpaired) electrons. The second-order valence-electron chi connectivity index (χ2n) is 4.68. The largest absolute Gasteiger partial charge is 0.418 e. The fourth-order valence-corrected chi connectivity index (χ4v) is 3.83. The maximum absolute atomic E-state index is 12.9. The SMILES string of the molecule is CCO[Si](C)(C)CCCc1cccc(F)c1. The number of aryl methyl sites for hydroxylation is 1. The molecule has 0 spiro atoms. The number of rotatable bonds is 6. The van der Waals surface area contributed by atoms with Crippen LogP contribution in [0.1, 0.15) is 18.9 Å². The van der Waals surface area contributed by atoms with E-state index < -0.39 is 8.32 Å². The molecule has 0 aliphatic rings. The van der Waals surface area contributed by atoms with Gasteiger partial charge in [-0.05, 0) is 56.6 Å². The molecule has 0 N–H and O–H groups in total. The van der Waals surface area contributed by atoms with Gasteiger partial charge in [0.25, 0.3) is 0 Å². The standard InChI is InChI=1S/C13H21FOSi/c1-4-15-16(2,3)10-6-8-12-7-5-9-13(14)11-12/h5,7,9,11H,4,6,8,10H2,1-3H3. The molecule has 0 unspecified atom stereocenters. The molecular formula is C13H21FOSi. The summed E-state index contributed by atoms with van der Waals surface area (Å²) in [6.45, 7) is 7.32. The Balaban J connectivity index is 2.35. The van der Waals surface area contributed by atoms with Crippen LogP contribution in [0.2, 0.25) is 19.1 Å². The van der Waals surface area contributed by atoms with Crippen LogP contribution in [0.3, 0.4) is 0 Å². The monoisotopic (exact) mass is 240 g/mol. The molecule has 0 bridgehead atoms. The molecule has 0 aliphatic carbocycles. The first-order chi connectivity index (χ1) is 7.53. The lowest BCUT2D eigenvalue weighted by Crippen LogP contribution is -2.30. The number of benzene rings is 1. The van der Waals surface area contributed by atoms with Crippen LogP contribution in [0.25, 0.3) is 0 Å². The Morgan fingerprint density at radius 3 is 2.69 bits per heavy atom. The molecular weight excluding hydrogens is 219 g/mol. The van der Waals surface area contributed by atoms with Gasteiger partial charge >= 0.3 is 0 Å². The first-order valence-corrected chi connectivity index (χ1v) is 9.03. The Bertz CT molecular complexity index is 325. The zero-order chi connectivity index (χ0) is 12.0. The molecule has 16 heavy (non-hydrogen) atoms. The third kappa shape index (κ3) is 4.90. The van der Waals surface area contributed by atoms with Gasteiger partial charge in [-0.2, -0.15) is 0 Å². The zero-order valence-corrected chi connectivity index (χ0v) is 11.4. The van der Waals surface area contributed by atoms with Crippen molar-refractivity contribution in [1.82, 2.24) is 0 Å². The fraction of sp³-hybridized carbons (Fsp3) is 0.538. The van der Waals surface area contributed by atoms with Crippen molar-refractivity contribution in [2.45, 2.75) is 38.9 Å². The highest BCUT2D eigenvalue weighted by molar-refractivity contribution is 6.71. The molecule has 3 heteroatoms. The molecule has 0 amide bonds. The summed E-state index contributed by atoms with van der Waals surface area (Å²) in [7, 11) is -1.46. The normalized spacial score (nSPS) is 11.8. The highest BCUT2D eigenvalue weighted by Crippen LogP contribution is 2.16. The second kappa shape index (κ2) is 6.16.